The maximum absolute atomic E-state index is 12.3. The van der Waals surface area contributed by atoms with Crippen LogP contribution in [0.1, 0.15) is 22.3 Å². The average molecular weight is 281 g/mol. The van der Waals surface area contributed by atoms with Crippen LogP contribution in [0, 0.1) is 0 Å². The number of ketones is 1. The van der Waals surface area contributed by atoms with Crippen LogP contribution in [-0.4, -0.2) is 22.6 Å². The van der Waals surface area contributed by atoms with Gasteiger partial charge in [0.15, 0.2) is 5.78 Å². The van der Waals surface area contributed by atoms with Crippen LogP contribution in [0.2, 0.25) is 0 Å². The highest BCUT2D eigenvalue weighted by atomic mass is 16.2. The molecule has 0 unspecified atom stereocenters. The summed E-state index contributed by atoms with van der Waals surface area (Å²) in [4.78, 5) is 39.2. The van der Waals surface area contributed by atoms with Gasteiger partial charge in [-0.2, -0.15) is 0 Å². The minimum atomic E-state index is -0.405. The Kier molecular flexibility index (Phi) is 3.19. The van der Waals surface area contributed by atoms with Crippen molar-refractivity contribution in [3.05, 3.63) is 53.9 Å². The predicted octanol–water partition coefficient (Wildman–Crippen LogP) is 1.59. The monoisotopic (exact) mass is 281 g/mol. The zero-order valence-electron chi connectivity index (χ0n) is 10.9. The first kappa shape index (κ1) is 13.0. The SMILES string of the molecule is O=C1CC(=O)Nc2cc(C(=O)c3cccnc3)ccc2N1. The van der Waals surface area contributed by atoms with E-state index in [-0.39, 0.29) is 18.1 Å². The molecule has 6 nitrogen and oxygen atoms in total. The number of nitrogens with one attached hydrogen (secondary N) is 2. The molecule has 2 N–H and O–H groups in total. The van der Waals surface area contributed by atoms with Gasteiger partial charge in [0.25, 0.3) is 0 Å². The first-order valence-electron chi connectivity index (χ1n) is 6.32. The van der Waals surface area contributed by atoms with E-state index in [1.54, 1.807) is 36.5 Å². The molecule has 0 aliphatic carbocycles. The molecule has 1 aliphatic rings. The summed E-state index contributed by atoms with van der Waals surface area (Å²) in [5.74, 6) is -0.981. The van der Waals surface area contributed by atoms with Crippen molar-refractivity contribution in [3.8, 4) is 0 Å². The van der Waals surface area contributed by atoms with Gasteiger partial charge in [-0.3, -0.25) is 19.4 Å². The van der Waals surface area contributed by atoms with Crippen LogP contribution in [-0.2, 0) is 9.59 Å². The fourth-order valence-electron chi connectivity index (χ4n) is 2.10. The van der Waals surface area contributed by atoms with Gasteiger partial charge in [0.05, 0.1) is 11.4 Å². The van der Waals surface area contributed by atoms with Gasteiger partial charge in [-0.25, -0.2) is 0 Å². The second-order valence-corrected chi connectivity index (χ2v) is 4.60. The van der Waals surface area contributed by atoms with Gasteiger partial charge in [0, 0.05) is 23.5 Å². The van der Waals surface area contributed by atoms with Gasteiger partial charge >= 0.3 is 0 Å². The van der Waals surface area contributed by atoms with E-state index < -0.39 is 5.91 Å². The molecule has 104 valence electrons. The third-order valence-electron chi connectivity index (χ3n) is 3.07. The lowest BCUT2D eigenvalue weighted by molar-refractivity contribution is -0.123. The second kappa shape index (κ2) is 5.16. The minimum absolute atomic E-state index is 0.198. The Balaban J connectivity index is 1.98. The molecule has 21 heavy (non-hydrogen) atoms. The molecular weight excluding hydrogens is 270 g/mol. The molecule has 2 heterocycles. The summed E-state index contributed by atoms with van der Waals surface area (Å²) < 4.78 is 0. The molecule has 0 spiro atoms. The molecule has 0 radical (unpaired) electrons. The standard InChI is InChI=1S/C15H11N3O3/c19-13-7-14(20)18-12-6-9(3-4-11(12)17-13)15(21)10-2-1-5-16-8-10/h1-6,8H,7H2,(H,17,19)(H,18,20). The molecule has 3 rings (SSSR count). The van der Waals surface area contributed by atoms with Crippen molar-refractivity contribution in [3.63, 3.8) is 0 Å². The van der Waals surface area contributed by atoms with Crippen LogP contribution < -0.4 is 10.6 Å². The first-order valence-corrected chi connectivity index (χ1v) is 6.32. The van der Waals surface area contributed by atoms with Gasteiger partial charge in [0.2, 0.25) is 11.8 Å². The van der Waals surface area contributed by atoms with Crippen molar-refractivity contribution in [2.24, 2.45) is 0 Å². The number of carbonyl (C=O) groups is 3. The molecular formula is C15H11N3O3. The van der Waals surface area contributed by atoms with Gasteiger partial charge < -0.3 is 10.6 Å². The summed E-state index contributed by atoms with van der Waals surface area (Å²) in [5, 5.41) is 5.22. The molecule has 1 aliphatic heterocycles. The van der Waals surface area contributed by atoms with Crippen molar-refractivity contribution in [2.45, 2.75) is 6.42 Å². The fourth-order valence-corrected chi connectivity index (χ4v) is 2.10. The van der Waals surface area contributed by atoms with E-state index in [9.17, 15) is 14.4 Å². The number of anilines is 2. The lowest BCUT2D eigenvalue weighted by Crippen LogP contribution is -2.16. The number of pyridine rings is 1. The summed E-state index contributed by atoms with van der Waals surface area (Å²) in [6, 6.07) is 8.10. The minimum Gasteiger partial charge on any atom is -0.324 e. The van der Waals surface area contributed by atoms with Crippen LogP contribution in [0.5, 0.6) is 0 Å². The van der Waals surface area contributed by atoms with E-state index in [0.29, 0.717) is 22.5 Å². The number of hydrogen-bond acceptors (Lipinski definition) is 4. The van der Waals surface area contributed by atoms with Crippen molar-refractivity contribution in [1.29, 1.82) is 0 Å². The normalized spacial score (nSPS) is 13.7. The highest BCUT2D eigenvalue weighted by molar-refractivity contribution is 6.15. The van der Waals surface area contributed by atoms with Crippen LogP contribution in [0.25, 0.3) is 0 Å². The molecule has 0 bridgehead atoms. The lowest BCUT2D eigenvalue weighted by Gasteiger charge is -2.09. The number of nitrogens with zero attached hydrogens (tertiary/aromatic N) is 1. The Hall–Kier alpha value is -3.02. The summed E-state index contributed by atoms with van der Waals surface area (Å²) in [7, 11) is 0. The van der Waals surface area contributed by atoms with E-state index in [1.807, 2.05) is 0 Å². The zero-order chi connectivity index (χ0) is 14.8. The topological polar surface area (TPSA) is 88.2 Å². The summed E-state index contributed by atoms with van der Waals surface area (Å²) >= 11 is 0. The van der Waals surface area contributed by atoms with E-state index in [2.05, 4.69) is 15.6 Å². The average Bonchev–Trinajstić information content (AvgIpc) is 2.63. The number of carbonyl (C=O) groups excluding carboxylic acids is 3. The molecule has 0 saturated carbocycles. The number of benzene rings is 1. The molecule has 1 aromatic heterocycles. The van der Waals surface area contributed by atoms with Gasteiger partial charge in [-0.15, -0.1) is 0 Å². The maximum Gasteiger partial charge on any atom is 0.233 e. The maximum atomic E-state index is 12.3. The Morgan fingerprint density at radius 2 is 1.76 bits per heavy atom. The Labute approximate surface area is 120 Å². The third kappa shape index (κ3) is 2.64. The number of hydrogen-bond donors (Lipinski definition) is 2. The number of fused-ring (bicyclic) bond motifs is 1. The molecule has 2 amide bonds. The summed E-state index contributed by atoms with van der Waals surface area (Å²) in [6.45, 7) is 0. The third-order valence-corrected chi connectivity index (χ3v) is 3.07. The molecule has 0 saturated heterocycles. The molecule has 6 heteroatoms. The quantitative estimate of drug-likeness (QED) is 0.646. The van der Waals surface area contributed by atoms with Gasteiger partial charge in [-0.1, -0.05) is 0 Å². The van der Waals surface area contributed by atoms with Crippen molar-refractivity contribution >= 4 is 29.0 Å². The molecule has 0 fully saturated rings. The number of amides is 2. The number of rotatable bonds is 2. The van der Waals surface area contributed by atoms with E-state index in [4.69, 9.17) is 0 Å². The van der Waals surface area contributed by atoms with Gasteiger partial charge in [0.1, 0.15) is 6.42 Å². The smallest absolute Gasteiger partial charge is 0.233 e. The van der Waals surface area contributed by atoms with Crippen molar-refractivity contribution in [1.82, 2.24) is 4.98 Å². The highest BCUT2D eigenvalue weighted by Crippen LogP contribution is 2.26. The van der Waals surface area contributed by atoms with Crippen LogP contribution >= 0.6 is 0 Å². The van der Waals surface area contributed by atoms with E-state index >= 15 is 0 Å². The largest absolute Gasteiger partial charge is 0.324 e. The van der Waals surface area contributed by atoms with Gasteiger partial charge in [-0.05, 0) is 30.3 Å². The number of aromatic nitrogens is 1. The molecule has 1 aromatic carbocycles. The highest BCUT2D eigenvalue weighted by Gasteiger charge is 2.19. The van der Waals surface area contributed by atoms with Crippen molar-refractivity contribution in [2.75, 3.05) is 10.6 Å². The lowest BCUT2D eigenvalue weighted by atomic mass is 10.0. The van der Waals surface area contributed by atoms with Crippen LogP contribution in [0.4, 0.5) is 11.4 Å². The summed E-state index contributed by atoms with van der Waals surface area (Å²) in [6.07, 6.45) is 2.83. The summed E-state index contributed by atoms with van der Waals surface area (Å²) in [5.41, 5.74) is 1.77. The van der Waals surface area contributed by atoms with Crippen LogP contribution in [0.15, 0.2) is 42.7 Å². The zero-order valence-corrected chi connectivity index (χ0v) is 10.9. The predicted molar refractivity (Wildman–Crippen MR) is 76.0 cm³/mol. The fraction of sp³-hybridized carbons (Fsp3) is 0.0667. The molecule has 0 atom stereocenters. The van der Waals surface area contributed by atoms with E-state index in [1.165, 1.54) is 6.20 Å². The Bertz CT molecular complexity index is 741. The van der Waals surface area contributed by atoms with E-state index in [0.717, 1.165) is 0 Å². The Morgan fingerprint density at radius 3 is 2.48 bits per heavy atom. The molecule has 2 aromatic rings. The first-order chi connectivity index (χ1) is 10.1. The van der Waals surface area contributed by atoms with Crippen molar-refractivity contribution < 1.29 is 14.4 Å². The van der Waals surface area contributed by atoms with Crippen LogP contribution in [0.3, 0.4) is 0 Å². The second-order valence-electron chi connectivity index (χ2n) is 4.60. The Morgan fingerprint density at radius 1 is 1.00 bits per heavy atom.